The summed E-state index contributed by atoms with van der Waals surface area (Å²) in [6, 6.07) is 7.91. The van der Waals surface area contributed by atoms with Gasteiger partial charge in [0.05, 0.1) is 0 Å². The first-order chi connectivity index (χ1) is 9.33. The van der Waals surface area contributed by atoms with E-state index in [1.807, 2.05) is 24.3 Å². The third-order valence-corrected chi connectivity index (χ3v) is 3.25. The molecule has 0 aliphatic heterocycles. The van der Waals surface area contributed by atoms with Crippen LogP contribution in [0.4, 0.5) is 0 Å². The van der Waals surface area contributed by atoms with Crippen LogP contribution in [0, 0.1) is 0 Å². The standard InChI is InChI=1S/C15H20ClNO2/c1-2-9-18-10-5-8-17-11-13-12-6-3-4-7-14(12)19-15(13)16/h3-4,6-7,17H,2,5,8-11H2,1H3. The summed E-state index contributed by atoms with van der Waals surface area (Å²) in [5.41, 5.74) is 1.88. The van der Waals surface area contributed by atoms with Gasteiger partial charge in [0.1, 0.15) is 5.58 Å². The maximum atomic E-state index is 6.12. The van der Waals surface area contributed by atoms with Crippen molar-refractivity contribution in [2.45, 2.75) is 26.3 Å². The fourth-order valence-corrected chi connectivity index (χ4v) is 2.24. The third-order valence-electron chi connectivity index (χ3n) is 2.94. The van der Waals surface area contributed by atoms with E-state index in [2.05, 4.69) is 12.2 Å². The molecular weight excluding hydrogens is 262 g/mol. The van der Waals surface area contributed by atoms with Gasteiger partial charge in [0.15, 0.2) is 5.22 Å². The monoisotopic (exact) mass is 281 g/mol. The van der Waals surface area contributed by atoms with Crippen LogP contribution in [0.25, 0.3) is 11.0 Å². The van der Waals surface area contributed by atoms with Crippen LogP contribution in [0.2, 0.25) is 5.22 Å². The largest absolute Gasteiger partial charge is 0.444 e. The molecule has 0 aliphatic carbocycles. The zero-order valence-corrected chi connectivity index (χ0v) is 12.0. The fourth-order valence-electron chi connectivity index (χ4n) is 1.99. The molecule has 0 atom stereocenters. The Morgan fingerprint density at radius 1 is 1.26 bits per heavy atom. The summed E-state index contributed by atoms with van der Waals surface area (Å²) in [5, 5.41) is 4.94. The van der Waals surface area contributed by atoms with Gasteiger partial charge in [-0.1, -0.05) is 25.1 Å². The van der Waals surface area contributed by atoms with Gasteiger partial charge in [-0.3, -0.25) is 0 Å². The Balaban J connectivity index is 1.80. The molecule has 1 heterocycles. The Morgan fingerprint density at radius 2 is 2.11 bits per heavy atom. The highest BCUT2D eigenvalue weighted by molar-refractivity contribution is 6.30. The quantitative estimate of drug-likeness (QED) is 0.743. The predicted molar refractivity (Wildman–Crippen MR) is 78.7 cm³/mol. The van der Waals surface area contributed by atoms with Gasteiger partial charge in [-0.15, -0.1) is 0 Å². The molecule has 0 bridgehead atoms. The molecule has 1 N–H and O–H groups in total. The number of rotatable bonds is 8. The predicted octanol–water partition coefficient (Wildman–Crippen LogP) is 3.99. The molecule has 2 rings (SSSR count). The molecule has 0 fully saturated rings. The molecule has 0 unspecified atom stereocenters. The Bertz CT molecular complexity index is 510. The van der Waals surface area contributed by atoms with E-state index in [0.717, 1.165) is 55.7 Å². The van der Waals surface area contributed by atoms with E-state index in [1.165, 1.54) is 0 Å². The van der Waals surface area contributed by atoms with Crippen LogP contribution in [-0.4, -0.2) is 19.8 Å². The number of hydrogen-bond acceptors (Lipinski definition) is 3. The second kappa shape index (κ2) is 7.53. The lowest BCUT2D eigenvalue weighted by Crippen LogP contribution is -2.16. The van der Waals surface area contributed by atoms with Crippen molar-refractivity contribution in [3.05, 3.63) is 35.0 Å². The second-order valence-corrected chi connectivity index (χ2v) is 4.84. The third kappa shape index (κ3) is 3.96. The number of nitrogens with one attached hydrogen (secondary N) is 1. The van der Waals surface area contributed by atoms with Crippen molar-refractivity contribution in [1.29, 1.82) is 0 Å². The first-order valence-corrected chi connectivity index (χ1v) is 7.15. The summed E-state index contributed by atoms with van der Waals surface area (Å²) >= 11 is 6.12. The van der Waals surface area contributed by atoms with Crippen molar-refractivity contribution in [1.82, 2.24) is 5.32 Å². The first-order valence-electron chi connectivity index (χ1n) is 6.77. The van der Waals surface area contributed by atoms with Crippen molar-refractivity contribution in [2.24, 2.45) is 0 Å². The minimum Gasteiger partial charge on any atom is -0.444 e. The van der Waals surface area contributed by atoms with Gasteiger partial charge >= 0.3 is 0 Å². The average molecular weight is 282 g/mol. The Kier molecular flexibility index (Phi) is 5.70. The smallest absolute Gasteiger partial charge is 0.199 e. The summed E-state index contributed by atoms with van der Waals surface area (Å²) in [6.07, 6.45) is 2.08. The van der Waals surface area contributed by atoms with Crippen LogP contribution in [0.1, 0.15) is 25.3 Å². The maximum Gasteiger partial charge on any atom is 0.199 e. The molecule has 0 amide bonds. The van der Waals surface area contributed by atoms with E-state index >= 15 is 0 Å². The number of hydrogen-bond donors (Lipinski definition) is 1. The van der Waals surface area contributed by atoms with Crippen molar-refractivity contribution >= 4 is 22.6 Å². The van der Waals surface area contributed by atoms with Gasteiger partial charge < -0.3 is 14.5 Å². The Hall–Kier alpha value is -1.03. The van der Waals surface area contributed by atoms with Crippen LogP contribution in [0.15, 0.2) is 28.7 Å². The van der Waals surface area contributed by atoms with E-state index in [1.54, 1.807) is 0 Å². The van der Waals surface area contributed by atoms with E-state index in [0.29, 0.717) is 5.22 Å². The van der Waals surface area contributed by atoms with Crippen LogP contribution in [-0.2, 0) is 11.3 Å². The number of halogens is 1. The topological polar surface area (TPSA) is 34.4 Å². The molecule has 0 aliphatic rings. The van der Waals surface area contributed by atoms with Crippen LogP contribution in [0.3, 0.4) is 0 Å². The molecule has 2 aromatic rings. The highest BCUT2D eigenvalue weighted by Gasteiger charge is 2.10. The first kappa shape index (κ1) is 14.4. The van der Waals surface area contributed by atoms with E-state index in [9.17, 15) is 0 Å². The number of furan rings is 1. The second-order valence-electron chi connectivity index (χ2n) is 4.49. The highest BCUT2D eigenvalue weighted by atomic mass is 35.5. The average Bonchev–Trinajstić information content (AvgIpc) is 2.74. The minimum absolute atomic E-state index is 0.482. The summed E-state index contributed by atoms with van der Waals surface area (Å²) in [4.78, 5) is 0. The van der Waals surface area contributed by atoms with Crippen molar-refractivity contribution in [3.8, 4) is 0 Å². The number of ether oxygens (including phenoxy) is 1. The van der Waals surface area contributed by atoms with Crippen molar-refractivity contribution in [3.63, 3.8) is 0 Å². The lowest BCUT2D eigenvalue weighted by molar-refractivity contribution is 0.132. The van der Waals surface area contributed by atoms with Gasteiger partial charge in [-0.2, -0.15) is 0 Å². The van der Waals surface area contributed by atoms with Crippen molar-refractivity contribution < 1.29 is 9.15 Å². The number of para-hydroxylation sites is 1. The lowest BCUT2D eigenvalue weighted by atomic mass is 10.2. The molecular formula is C15H20ClNO2. The normalized spacial score (nSPS) is 11.3. The Labute approximate surface area is 118 Å². The summed E-state index contributed by atoms with van der Waals surface area (Å²) in [7, 11) is 0. The van der Waals surface area contributed by atoms with E-state index in [-0.39, 0.29) is 0 Å². The molecule has 4 heteroatoms. The zero-order valence-electron chi connectivity index (χ0n) is 11.2. The maximum absolute atomic E-state index is 6.12. The van der Waals surface area contributed by atoms with Crippen LogP contribution >= 0.6 is 11.6 Å². The van der Waals surface area contributed by atoms with E-state index in [4.69, 9.17) is 20.8 Å². The summed E-state index contributed by atoms with van der Waals surface area (Å²) < 4.78 is 10.9. The fraction of sp³-hybridized carbons (Fsp3) is 0.467. The van der Waals surface area contributed by atoms with Gasteiger partial charge in [-0.25, -0.2) is 0 Å². The zero-order chi connectivity index (χ0) is 13.5. The molecule has 1 aromatic carbocycles. The van der Waals surface area contributed by atoms with Crippen LogP contribution in [0.5, 0.6) is 0 Å². The molecule has 0 saturated heterocycles. The highest BCUT2D eigenvalue weighted by Crippen LogP contribution is 2.29. The van der Waals surface area contributed by atoms with Gasteiger partial charge in [0.2, 0.25) is 0 Å². The van der Waals surface area contributed by atoms with Gasteiger partial charge in [-0.05, 0) is 37.1 Å². The molecule has 0 saturated carbocycles. The van der Waals surface area contributed by atoms with Crippen molar-refractivity contribution in [2.75, 3.05) is 19.8 Å². The van der Waals surface area contributed by atoms with Gasteiger partial charge in [0, 0.05) is 30.7 Å². The van der Waals surface area contributed by atoms with Crippen LogP contribution < -0.4 is 5.32 Å². The number of benzene rings is 1. The van der Waals surface area contributed by atoms with Gasteiger partial charge in [0.25, 0.3) is 0 Å². The molecule has 0 radical (unpaired) electrons. The molecule has 0 spiro atoms. The number of fused-ring (bicyclic) bond motifs is 1. The molecule has 104 valence electrons. The molecule has 1 aromatic heterocycles. The molecule has 19 heavy (non-hydrogen) atoms. The lowest BCUT2D eigenvalue weighted by Gasteiger charge is -2.04. The molecule has 3 nitrogen and oxygen atoms in total. The minimum atomic E-state index is 0.482. The summed E-state index contributed by atoms with van der Waals surface area (Å²) in [5.74, 6) is 0. The Morgan fingerprint density at radius 3 is 2.95 bits per heavy atom. The summed E-state index contributed by atoms with van der Waals surface area (Å²) in [6.45, 7) is 5.41. The SMILES string of the molecule is CCCOCCCNCc1c(Cl)oc2ccccc12. The van der Waals surface area contributed by atoms with E-state index < -0.39 is 0 Å².